The van der Waals surface area contributed by atoms with Crippen LogP contribution in [-0.4, -0.2) is 39.0 Å². The number of ether oxygens (including phenoxy) is 1. The third-order valence-electron chi connectivity index (χ3n) is 2.95. The van der Waals surface area contributed by atoms with Gasteiger partial charge in [-0.2, -0.15) is 4.31 Å². The van der Waals surface area contributed by atoms with E-state index >= 15 is 0 Å². The average Bonchev–Trinajstić information content (AvgIpc) is 2.97. The van der Waals surface area contributed by atoms with E-state index in [0.29, 0.717) is 18.8 Å². The van der Waals surface area contributed by atoms with Gasteiger partial charge in [0.15, 0.2) is 4.21 Å². The second kappa shape index (κ2) is 4.93. The molecular formula is C10H16N2O3S2. The minimum absolute atomic E-state index is 0.0770. The van der Waals surface area contributed by atoms with Crippen LogP contribution in [0.25, 0.3) is 0 Å². The van der Waals surface area contributed by atoms with Crippen LogP contribution < -0.4 is 10.5 Å². The Hall–Kier alpha value is -0.630. The first-order chi connectivity index (χ1) is 8.11. The summed E-state index contributed by atoms with van der Waals surface area (Å²) in [4.78, 5) is 0. The molecule has 1 aliphatic rings. The first-order valence-electron chi connectivity index (χ1n) is 5.44. The monoisotopic (exact) mass is 276 g/mol. The molecule has 5 nitrogen and oxygen atoms in total. The van der Waals surface area contributed by atoms with Gasteiger partial charge >= 0.3 is 0 Å². The number of hydrogen-bond donors (Lipinski definition) is 1. The van der Waals surface area contributed by atoms with Gasteiger partial charge in [-0.15, -0.1) is 11.3 Å². The largest absolute Gasteiger partial charge is 0.494 e. The maximum absolute atomic E-state index is 12.4. The van der Waals surface area contributed by atoms with Crippen molar-refractivity contribution in [3.05, 3.63) is 11.4 Å². The van der Waals surface area contributed by atoms with Gasteiger partial charge in [0.05, 0.1) is 7.11 Å². The summed E-state index contributed by atoms with van der Waals surface area (Å²) in [7, 11) is -1.97. The van der Waals surface area contributed by atoms with Gasteiger partial charge in [0.2, 0.25) is 0 Å². The van der Waals surface area contributed by atoms with Gasteiger partial charge in [0, 0.05) is 19.1 Å². The molecule has 1 aromatic heterocycles. The summed E-state index contributed by atoms with van der Waals surface area (Å²) in [6, 6.07) is 1.59. The predicted molar refractivity (Wildman–Crippen MR) is 66.8 cm³/mol. The lowest BCUT2D eigenvalue weighted by Gasteiger charge is -2.22. The fraction of sp³-hybridized carbons (Fsp3) is 0.600. The third kappa shape index (κ3) is 2.20. The Balaban J connectivity index is 2.36. The summed E-state index contributed by atoms with van der Waals surface area (Å²) in [5, 5.41) is 1.72. The molecule has 1 aromatic rings. The molecule has 0 bridgehead atoms. The molecule has 1 aliphatic heterocycles. The number of nitrogens with two attached hydrogens (primary N) is 1. The van der Waals surface area contributed by atoms with Crippen molar-refractivity contribution in [2.24, 2.45) is 5.73 Å². The lowest BCUT2D eigenvalue weighted by atomic mass is 10.2. The van der Waals surface area contributed by atoms with Crippen LogP contribution in [0.5, 0.6) is 5.75 Å². The number of hydrogen-bond acceptors (Lipinski definition) is 5. The molecule has 1 unspecified atom stereocenters. The Morgan fingerprint density at radius 1 is 1.65 bits per heavy atom. The first-order valence-corrected chi connectivity index (χ1v) is 7.76. The van der Waals surface area contributed by atoms with Crippen molar-refractivity contribution in [2.45, 2.75) is 23.1 Å². The maximum Gasteiger partial charge on any atom is 0.256 e. The molecule has 0 saturated carbocycles. The molecule has 0 radical (unpaired) electrons. The van der Waals surface area contributed by atoms with E-state index in [-0.39, 0.29) is 10.3 Å². The second-order valence-electron chi connectivity index (χ2n) is 3.92. The molecule has 7 heteroatoms. The summed E-state index contributed by atoms with van der Waals surface area (Å²) in [5.41, 5.74) is 5.61. The van der Waals surface area contributed by atoms with E-state index in [0.717, 1.165) is 12.8 Å². The van der Waals surface area contributed by atoms with Gasteiger partial charge in [-0.25, -0.2) is 8.42 Å². The number of thiophene rings is 1. The summed E-state index contributed by atoms with van der Waals surface area (Å²) in [6.07, 6.45) is 1.71. The average molecular weight is 276 g/mol. The molecule has 96 valence electrons. The highest BCUT2D eigenvalue weighted by Gasteiger charge is 2.36. The van der Waals surface area contributed by atoms with Gasteiger partial charge in [-0.1, -0.05) is 0 Å². The molecule has 0 spiro atoms. The lowest BCUT2D eigenvalue weighted by molar-refractivity contribution is 0.382. The summed E-state index contributed by atoms with van der Waals surface area (Å²) < 4.78 is 31.7. The highest BCUT2D eigenvalue weighted by molar-refractivity contribution is 7.91. The van der Waals surface area contributed by atoms with Crippen LogP contribution in [0.15, 0.2) is 15.7 Å². The van der Waals surface area contributed by atoms with E-state index < -0.39 is 10.0 Å². The van der Waals surface area contributed by atoms with E-state index in [4.69, 9.17) is 10.5 Å². The van der Waals surface area contributed by atoms with Crippen LogP contribution in [0.3, 0.4) is 0 Å². The van der Waals surface area contributed by atoms with Crippen LogP contribution in [0, 0.1) is 0 Å². The van der Waals surface area contributed by atoms with Crippen LogP contribution in [0.2, 0.25) is 0 Å². The molecule has 17 heavy (non-hydrogen) atoms. The minimum atomic E-state index is -3.45. The van der Waals surface area contributed by atoms with E-state index in [1.54, 1.807) is 11.4 Å². The third-order valence-corrected chi connectivity index (χ3v) is 6.33. The second-order valence-corrected chi connectivity index (χ2v) is 6.93. The highest BCUT2D eigenvalue weighted by Crippen LogP contribution is 2.34. The minimum Gasteiger partial charge on any atom is -0.494 e. The molecule has 2 rings (SSSR count). The zero-order valence-electron chi connectivity index (χ0n) is 9.63. The summed E-state index contributed by atoms with van der Waals surface area (Å²) in [6.45, 7) is 0.915. The molecule has 0 aliphatic carbocycles. The van der Waals surface area contributed by atoms with Gasteiger partial charge in [0.25, 0.3) is 10.0 Å². The Morgan fingerprint density at radius 2 is 2.41 bits per heavy atom. The van der Waals surface area contributed by atoms with Crippen molar-refractivity contribution in [1.82, 2.24) is 4.31 Å². The topological polar surface area (TPSA) is 72.6 Å². The molecule has 1 fully saturated rings. The maximum atomic E-state index is 12.4. The Morgan fingerprint density at radius 3 is 3.06 bits per heavy atom. The predicted octanol–water partition coefficient (Wildman–Crippen LogP) is 0.869. The molecular weight excluding hydrogens is 260 g/mol. The standard InChI is InChI=1S/C10H16N2O3S2/c1-15-9-4-6-16-10(9)17(13,14)12-5-2-3-8(12)7-11/h4,6,8H,2-3,5,7,11H2,1H3. The van der Waals surface area contributed by atoms with Crippen molar-refractivity contribution in [1.29, 1.82) is 0 Å². The van der Waals surface area contributed by atoms with Crippen LogP contribution in [0.4, 0.5) is 0 Å². The normalized spacial score (nSPS) is 21.9. The molecule has 2 N–H and O–H groups in total. The Bertz CT molecular complexity index is 483. The van der Waals surface area contributed by atoms with Crippen molar-refractivity contribution >= 4 is 21.4 Å². The van der Waals surface area contributed by atoms with E-state index in [2.05, 4.69) is 0 Å². The molecule has 1 saturated heterocycles. The van der Waals surface area contributed by atoms with Gasteiger partial charge in [0.1, 0.15) is 5.75 Å². The zero-order chi connectivity index (χ0) is 12.5. The zero-order valence-corrected chi connectivity index (χ0v) is 11.3. The molecule has 0 aromatic carbocycles. The summed E-state index contributed by atoms with van der Waals surface area (Å²) >= 11 is 1.18. The Kier molecular flexibility index (Phi) is 3.72. The first kappa shape index (κ1) is 12.8. The van der Waals surface area contributed by atoms with Crippen LogP contribution in [0.1, 0.15) is 12.8 Å². The van der Waals surface area contributed by atoms with E-state index in [1.165, 1.54) is 22.8 Å². The van der Waals surface area contributed by atoms with Crippen LogP contribution >= 0.6 is 11.3 Å². The molecule has 2 heterocycles. The van der Waals surface area contributed by atoms with Crippen molar-refractivity contribution in [2.75, 3.05) is 20.2 Å². The van der Waals surface area contributed by atoms with Crippen molar-refractivity contribution in [3.63, 3.8) is 0 Å². The van der Waals surface area contributed by atoms with Crippen LogP contribution in [-0.2, 0) is 10.0 Å². The number of rotatable bonds is 4. The fourth-order valence-electron chi connectivity index (χ4n) is 2.09. The molecule has 1 atom stereocenters. The van der Waals surface area contributed by atoms with Gasteiger partial charge in [-0.05, 0) is 24.3 Å². The van der Waals surface area contributed by atoms with E-state index in [1.807, 2.05) is 0 Å². The Labute approximate surface area is 105 Å². The number of methoxy groups -OCH3 is 1. The van der Waals surface area contributed by atoms with Gasteiger partial charge < -0.3 is 10.5 Å². The van der Waals surface area contributed by atoms with E-state index in [9.17, 15) is 8.42 Å². The fourth-order valence-corrected chi connectivity index (χ4v) is 5.19. The summed E-state index contributed by atoms with van der Waals surface area (Å²) in [5.74, 6) is 0.415. The van der Waals surface area contributed by atoms with Crippen molar-refractivity contribution < 1.29 is 13.2 Å². The van der Waals surface area contributed by atoms with Gasteiger partial charge in [-0.3, -0.25) is 0 Å². The highest BCUT2D eigenvalue weighted by atomic mass is 32.2. The number of sulfonamides is 1. The smallest absolute Gasteiger partial charge is 0.256 e. The lowest BCUT2D eigenvalue weighted by Crippen LogP contribution is -2.39. The number of nitrogens with zero attached hydrogens (tertiary/aromatic N) is 1. The molecule has 0 amide bonds. The van der Waals surface area contributed by atoms with Crippen molar-refractivity contribution in [3.8, 4) is 5.75 Å². The SMILES string of the molecule is COc1ccsc1S(=O)(=O)N1CCCC1CN. The quantitative estimate of drug-likeness (QED) is 0.885.